The SMILES string of the molecule is CCC(NC(=O)[C@H](N)c1ccccc1)C(=O)O. The molecule has 1 aromatic carbocycles. The van der Waals surface area contributed by atoms with Crippen LogP contribution in [-0.4, -0.2) is 23.0 Å². The Kier molecular flexibility index (Phi) is 4.66. The van der Waals surface area contributed by atoms with Crippen molar-refractivity contribution in [2.45, 2.75) is 25.4 Å². The summed E-state index contributed by atoms with van der Waals surface area (Å²) >= 11 is 0. The summed E-state index contributed by atoms with van der Waals surface area (Å²) in [5.41, 5.74) is 6.39. The average molecular weight is 236 g/mol. The van der Waals surface area contributed by atoms with Gasteiger partial charge in [0.15, 0.2) is 0 Å². The van der Waals surface area contributed by atoms with Gasteiger partial charge in [0.2, 0.25) is 5.91 Å². The monoisotopic (exact) mass is 236 g/mol. The highest BCUT2D eigenvalue weighted by molar-refractivity contribution is 5.87. The lowest BCUT2D eigenvalue weighted by atomic mass is 10.1. The molecule has 0 saturated carbocycles. The van der Waals surface area contributed by atoms with Crippen molar-refractivity contribution in [2.24, 2.45) is 5.73 Å². The second-order valence-corrected chi connectivity index (χ2v) is 3.70. The van der Waals surface area contributed by atoms with E-state index in [0.717, 1.165) is 0 Å². The lowest BCUT2D eigenvalue weighted by Crippen LogP contribution is -2.44. The molecule has 0 saturated heterocycles. The van der Waals surface area contributed by atoms with Gasteiger partial charge in [0.25, 0.3) is 0 Å². The van der Waals surface area contributed by atoms with Gasteiger partial charge in [0, 0.05) is 0 Å². The summed E-state index contributed by atoms with van der Waals surface area (Å²) in [4.78, 5) is 22.5. The number of carbonyl (C=O) groups is 2. The van der Waals surface area contributed by atoms with Crippen LogP contribution in [0.1, 0.15) is 24.9 Å². The van der Waals surface area contributed by atoms with Crippen LogP contribution in [0.4, 0.5) is 0 Å². The maximum atomic E-state index is 11.7. The highest BCUT2D eigenvalue weighted by Crippen LogP contribution is 2.09. The number of nitrogens with one attached hydrogen (secondary N) is 1. The topological polar surface area (TPSA) is 92.4 Å². The number of hydrogen-bond donors (Lipinski definition) is 3. The minimum absolute atomic E-state index is 0.322. The molecule has 0 radical (unpaired) electrons. The first-order valence-electron chi connectivity index (χ1n) is 5.40. The first kappa shape index (κ1) is 13.2. The third kappa shape index (κ3) is 3.57. The quantitative estimate of drug-likeness (QED) is 0.700. The number of carboxylic acid groups (broad SMARTS) is 1. The van der Waals surface area contributed by atoms with Gasteiger partial charge in [-0.1, -0.05) is 37.3 Å². The zero-order valence-corrected chi connectivity index (χ0v) is 9.59. The van der Waals surface area contributed by atoms with E-state index < -0.39 is 24.0 Å². The molecular weight excluding hydrogens is 220 g/mol. The number of nitrogens with two attached hydrogens (primary N) is 1. The number of amides is 1. The average Bonchev–Trinajstić information content (AvgIpc) is 2.35. The standard InChI is InChI=1S/C12H16N2O3/c1-2-9(12(16)17)14-11(15)10(13)8-6-4-3-5-7-8/h3-7,9-10H,2,13H2,1H3,(H,14,15)(H,16,17)/t9?,10-/m1/s1. The van der Waals surface area contributed by atoms with Crippen LogP contribution in [0.5, 0.6) is 0 Å². The number of hydrogen-bond acceptors (Lipinski definition) is 3. The minimum Gasteiger partial charge on any atom is -0.480 e. The van der Waals surface area contributed by atoms with Crippen molar-refractivity contribution in [2.75, 3.05) is 0 Å². The Balaban J connectivity index is 2.68. The first-order valence-corrected chi connectivity index (χ1v) is 5.40. The van der Waals surface area contributed by atoms with E-state index in [1.54, 1.807) is 31.2 Å². The van der Waals surface area contributed by atoms with E-state index in [1.807, 2.05) is 6.07 Å². The van der Waals surface area contributed by atoms with Gasteiger partial charge in [-0.3, -0.25) is 4.79 Å². The molecule has 1 rings (SSSR count). The molecule has 0 aliphatic rings. The molecule has 92 valence electrons. The molecule has 2 atom stereocenters. The predicted molar refractivity (Wildman–Crippen MR) is 63.2 cm³/mol. The van der Waals surface area contributed by atoms with E-state index in [0.29, 0.717) is 12.0 Å². The molecule has 17 heavy (non-hydrogen) atoms. The smallest absolute Gasteiger partial charge is 0.326 e. The highest BCUT2D eigenvalue weighted by Gasteiger charge is 2.22. The molecule has 1 aromatic rings. The second-order valence-electron chi connectivity index (χ2n) is 3.70. The summed E-state index contributed by atoms with van der Waals surface area (Å²) in [6, 6.07) is 7.09. The first-order chi connectivity index (χ1) is 8.06. The Hall–Kier alpha value is -1.88. The Morgan fingerprint density at radius 1 is 1.35 bits per heavy atom. The molecule has 1 amide bonds. The van der Waals surface area contributed by atoms with Crippen molar-refractivity contribution in [3.05, 3.63) is 35.9 Å². The number of aliphatic carboxylic acids is 1. The van der Waals surface area contributed by atoms with Gasteiger partial charge in [-0.2, -0.15) is 0 Å². The van der Waals surface area contributed by atoms with Crippen LogP contribution in [0.25, 0.3) is 0 Å². The van der Waals surface area contributed by atoms with Crippen LogP contribution in [0, 0.1) is 0 Å². The van der Waals surface area contributed by atoms with Crippen LogP contribution >= 0.6 is 0 Å². The van der Waals surface area contributed by atoms with E-state index in [9.17, 15) is 9.59 Å². The van der Waals surface area contributed by atoms with Crippen molar-refractivity contribution in [1.82, 2.24) is 5.32 Å². The van der Waals surface area contributed by atoms with Crippen LogP contribution in [0.3, 0.4) is 0 Å². The van der Waals surface area contributed by atoms with Crippen LogP contribution in [0.2, 0.25) is 0 Å². The van der Waals surface area contributed by atoms with Crippen LogP contribution < -0.4 is 11.1 Å². The summed E-state index contributed by atoms with van der Waals surface area (Å²) in [6.07, 6.45) is 0.322. The van der Waals surface area contributed by atoms with Crippen LogP contribution in [-0.2, 0) is 9.59 Å². The summed E-state index contributed by atoms with van der Waals surface area (Å²) in [5, 5.41) is 11.2. The molecule has 0 aliphatic carbocycles. The summed E-state index contributed by atoms with van der Waals surface area (Å²) < 4.78 is 0. The Morgan fingerprint density at radius 3 is 2.41 bits per heavy atom. The normalized spacial score (nSPS) is 13.8. The molecule has 0 bridgehead atoms. The van der Waals surface area contributed by atoms with Crippen molar-refractivity contribution in [3.63, 3.8) is 0 Å². The van der Waals surface area contributed by atoms with E-state index in [2.05, 4.69) is 5.32 Å². The lowest BCUT2D eigenvalue weighted by Gasteiger charge is -2.16. The summed E-state index contributed by atoms with van der Waals surface area (Å²) in [5.74, 6) is -1.54. The Morgan fingerprint density at radius 2 is 1.94 bits per heavy atom. The molecule has 0 aliphatic heterocycles. The van der Waals surface area contributed by atoms with E-state index in [1.165, 1.54) is 0 Å². The number of rotatable bonds is 5. The van der Waals surface area contributed by atoms with E-state index in [4.69, 9.17) is 10.8 Å². The molecule has 0 fully saturated rings. The van der Waals surface area contributed by atoms with E-state index >= 15 is 0 Å². The van der Waals surface area contributed by atoms with Gasteiger partial charge < -0.3 is 16.2 Å². The molecule has 1 unspecified atom stereocenters. The molecule has 5 nitrogen and oxygen atoms in total. The second kappa shape index (κ2) is 6.00. The molecular formula is C12H16N2O3. The maximum absolute atomic E-state index is 11.7. The fourth-order valence-electron chi connectivity index (χ4n) is 1.41. The zero-order valence-electron chi connectivity index (χ0n) is 9.59. The fraction of sp³-hybridized carbons (Fsp3) is 0.333. The molecule has 0 aromatic heterocycles. The van der Waals surface area contributed by atoms with Gasteiger partial charge in [0.1, 0.15) is 12.1 Å². The third-order valence-electron chi connectivity index (χ3n) is 2.46. The van der Waals surface area contributed by atoms with Gasteiger partial charge in [-0.05, 0) is 12.0 Å². The molecule has 5 heteroatoms. The van der Waals surface area contributed by atoms with Crippen molar-refractivity contribution in [3.8, 4) is 0 Å². The molecule has 4 N–H and O–H groups in total. The number of carbonyl (C=O) groups excluding carboxylic acids is 1. The van der Waals surface area contributed by atoms with Gasteiger partial charge in [-0.15, -0.1) is 0 Å². The predicted octanol–water partition coefficient (Wildman–Crippen LogP) is 0.666. The number of carboxylic acids is 1. The van der Waals surface area contributed by atoms with Crippen LogP contribution in [0.15, 0.2) is 30.3 Å². The number of benzene rings is 1. The van der Waals surface area contributed by atoms with Crippen molar-refractivity contribution < 1.29 is 14.7 Å². The summed E-state index contributed by atoms with van der Waals surface area (Å²) in [7, 11) is 0. The van der Waals surface area contributed by atoms with Gasteiger partial charge in [0.05, 0.1) is 0 Å². The van der Waals surface area contributed by atoms with E-state index in [-0.39, 0.29) is 0 Å². The Labute approximate surface area is 99.6 Å². The Bertz CT molecular complexity index is 392. The zero-order chi connectivity index (χ0) is 12.8. The van der Waals surface area contributed by atoms with Gasteiger partial charge in [-0.25, -0.2) is 4.79 Å². The molecule has 0 heterocycles. The summed E-state index contributed by atoms with van der Waals surface area (Å²) in [6.45, 7) is 1.69. The fourth-order valence-corrected chi connectivity index (χ4v) is 1.41. The lowest BCUT2D eigenvalue weighted by molar-refractivity contribution is -0.142. The molecule has 0 spiro atoms. The minimum atomic E-state index is -1.05. The van der Waals surface area contributed by atoms with Crippen molar-refractivity contribution in [1.29, 1.82) is 0 Å². The largest absolute Gasteiger partial charge is 0.480 e. The van der Waals surface area contributed by atoms with Gasteiger partial charge >= 0.3 is 5.97 Å². The third-order valence-corrected chi connectivity index (χ3v) is 2.46. The van der Waals surface area contributed by atoms with Crippen molar-refractivity contribution >= 4 is 11.9 Å². The maximum Gasteiger partial charge on any atom is 0.326 e. The highest BCUT2D eigenvalue weighted by atomic mass is 16.4.